The van der Waals surface area contributed by atoms with Crippen LogP contribution in [0.5, 0.6) is 0 Å². The van der Waals surface area contributed by atoms with Crippen molar-refractivity contribution in [2.45, 2.75) is 26.2 Å². The number of nitrogens with zero attached hydrogens (tertiary/aromatic N) is 2. The molecule has 0 unspecified atom stereocenters. The number of amides is 1. The van der Waals surface area contributed by atoms with Crippen LogP contribution in [0.4, 0.5) is 13.2 Å². The third-order valence-corrected chi connectivity index (χ3v) is 4.39. The number of carbonyl (C=O) groups is 1. The number of aromatic amines is 1. The van der Waals surface area contributed by atoms with Gasteiger partial charge in [0.1, 0.15) is 6.54 Å². The first-order valence-electron chi connectivity index (χ1n) is 8.39. The van der Waals surface area contributed by atoms with Gasteiger partial charge in [0.15, 0.2) is 10.6 Å². The van der Waals surface area contributed by atoms with Gasteiger partial charge in [-0.05, 0) is 42.9 Å². The molecule has 0 saturated carbocycles. The van der Waals surface area contributed by atoms with Crippen molar-refractivity contribution in [3.63, 3.8) is 0 Å². The number of carbonyl (C=O) groups excluding carboxylic acids is 1. The molecule has 0 atom stereocenters. The van der Waals surface area contributed by atoms with Gasteiger partial charge in [0.25, 0.3) is 0 Å². The van der Waals surface area contributed by atoms with Crippen LogP contribution in [0.15, 0.2) is 48.5 Å². The number of rotatable bonds is 5. The van der Waals surface area contributed by atoms with Crippen molar-refractivity contribution in [1.29, 1.82) is 0 Å². The van der Waals surface area contributed by atoms with Gasteiger partial charge in [-0.3, -0.25) is 14.5 Å². The lowest BCUT2D eigenvalue weighted by Gasteiger charge is -2.11. The molecule has 0 aliphatic carbocycles. The van der Waals surface area contributed by atoms with Gasteiger partial charge >= 0.3 is 6.18 Å². The summed E-state index contributed by atoms with van der Waals surface area (Å²) in [4.78, 5) is 12.3. The quantitative estimate of drug-likeness (QED) is 0.623. The van der Waals surface area contributed by atoms with Gasteiger partial charge in [0.05, 0.1) is 5.56 Å². The third kappa shape index (κ3) is 4.66. The zero-order valence-electron chi connectivity index (χ0n) is 14.9. The third-order valence-electron chi connectivity index (χ3n) is 4.08. The Bertz CT molecular complexity index is 1060. The van der Waals surface area contributed by atoms with Crippen LogP contribution in [0.3, 0.4) is 0 Å². The van der Waals surface area contributed by atoms with E-state index in [0.29, 0.717) is 11.4 Å². The van der Waals surface area contributed by atoms with Gasteiger partial charge in [0, 0.05) is 12.1 Å². The van der Waals surface area contributed by atoms with E-state index in [1.165, 1.54) is 12.1 Å². The summed E-state index contributed by atoms with van der Waals surface area (Å²) in [5.74, 6) is 0.131. The van der Waals surface area contributed by atoms with E-state index in [-0.39, 0.29) is 23.8 Å². The summed E-state index contributed by atoms with van der Waals surface area (Å²) in [6, 6.07) is 12.4. The highest BCUT2D eigenvalue weighted by Gasteiger charge is 2.30. The van der Waals surface area contributed by atoms with Crippen molar-refractivity contribution in [3.8, 4) is 11.4 Å². The highest BCUT2D eigenvalue weighted by molar-refractivity contribution is 7.71. The zero-order valence-corrected chi connectivity index (χ0v) is 15.7. The highest BCUT2D eigenvalue weighted by Crippen LogP contribution is 2.29. The monoisotopic (exact) mass is 406 g/mol. The maximum Gasteiger partial charge on any atom is 0.416 e. The molecule has 0 bridgehead atoms. The molecule has 3 rings (SSSR count). The number of aryl methyl sites for hydroxylation is 1. The Morgan fingerprint density at radius 2 is 1.96 bits per heavy atom. The molecule has 1 amide bonds. The Kier molecular flexibility index (Phi) is 5.64. The van der Waals surface area contributed by atoms with Crippen LogP contribution in [0.25, 0.3) is 11.4 Å². The summed E-state index contributed by atoms with van der Waals surface area (Å²) in [6.07, 6.45) is -4.42. The van der Waals surface area contributed by atoms with Crippen LogP contribution in [0.1, 0.15) is 16.7 Å². The highest BCUT2D eigenvalue weighted by atomic mass is 32.1. The van der Waals surface area contributed by atoms with Gasteiger partial charge in [-0.15, -0.1) is 0 Å². The first kappa shape index (κ1) is 19.8. The lowest BCUT2D eigenvalue weighted by Crippen LogP contribution is -2.27. The molecule has 9 heteroatoms. The van der Waals surface area contributed by atoms with Crippen molar-refractivity contribution in [3.05, 3.63) is 70.0 Å². The Hall–Kier alpha value is -2.94. The normalized spacial score (nSPS) is 11.4. The number of benzene rings is 2. The summed E-state index contributed by atoms with van der Waals surface area (Å²) in [7, 11) is 0. The molecule has 5 nitrogen and oxygen atoms in total. The van der Waals surface area contributed by atoms with Crippen LogP contribution in [-0.2, 0) is 24.1 Å². The molecule has 0 aliphatic heterocycles. The van der Waals surface area contributed by atoms with E-state index >= 15 is 0 Å². The molecule has 0 saturated heterocycles. The Balaban J connectivity index is 1.71. The average Bonchev–Trinajstić information content (AvgIpc) is 3.00. The smallest absolute Gasteiger partial charge is 0.350 e. The van der Waals surface area contributed by atoms with E-state index in [4.69, 9.17) is 12.2 Å². The molecule has 2 aromatic carbocycles. The molecule has 0 aliphatic rings. The number of nitrogens with one attached hydrogen (secondary N) is 2. The largest absolute Gasteiger partial charge is 0.416 e. The second-order valence-electron chi connectivity index (χ2n) is 6.28. The lowest BCUT2D eigenvalue weighted by molar-refractivity contribution is -0.137. The van der Waals surface area contributed by atoms with Gasteiger partial charge in [-0.2, -0.15) is 18.3 Å². The Morgan fingerprint density at radius 1 is 1.21 bits per heavy atom. The first-order valence-corrected chi connectivity index (χ1v) is 8.80. The number of hydrogen-bond acceptors (Lipinski definition) is 3. The van der Waals surface area contributed by atoms with Crippen molar-refractivity contribution in [1.82, 2.24) is 20.1 Å². The van der Waals surface area contributed by atoms with Crippen LogP contribution < -0.4 is 5.32 Å². The van der Waals surface area contributed by atoms with Crippen LogP contribution in [0, 0.1) is 11.7 Å². The van der Waals surface area contributed by atoms with Gasteiger partial charge < -0.3 is 5.32 Å². The molecule has 0 fully saturated rings. The minimum Gasteiger partial charge on any atom is -0.350 e. The van der Waals surface area contributed by atoms with Gasteiger partial charge in [-0.25, -0.2) is 0 Å². The minimum atomic E-state index is -4.42. The lowest BCUT2D eigenvalue weighted by atomic mass is 10.1. The first-order chi connectivity index (χ1) is 13.2. The second-order valence-corrected chi connectivity index (χ2v) is 6.67. The van der Waals surface area contributed by atoms with Gasteiger partial charge in [0.2, 0.25) is 5.91 Å². The van der Waals surface area contributed by atoms with Crippen molar-refractivity contribution in [2.24, 2.45) is 0 Å². The van der Waals surface area contributed by atoms with Crippen molar-refractivity contribution >= 4 is 18.1 Å². The molecular formula is C19H17F3N4OS. The summed E-state index contributed by atoms with van der Waals surface area (Å²) in [5.41, 5.74) is 1.45. The van der Waals surface area contributed by atoms with E-state index in [0.717, 1.165) is 23.3 Å². The summed E-state index contributed by atoms with van der Waals surface area (Å²) in [5, 5.41) is 9.47. The molecule has 2 N–H and O–H groups in total. The SMILES string of the molecule is Cc1cccc(-c2n[nH]c(=S)n2CC(=O)NCc2cccc(C(F)(F)F)c2)c1. The van der Waals surface area contributed by atoms with Gasteiger partial charge in [-0.1, -0.05) is 35.9 Å². The maximum atomic E-state index is 12.8. The number of aromatic nitrogens is 3. The van der Waals surface area contributed by atoms with E-state index in [1.54, 1.807) is 4.57 Å². The van der Waals surface area contributed by atoms with Crippen molar-refractivity contribution < 1.29 is 18.0 Å². The van der Waals surface area contributed by atoms with E-state index in [1.807, 2.05) is 31.2 Å². The maximum absolute atomic E-state index is 12.8. The van der Waals surface area contributed by atoms with E-state index < -0.39 is 11.7 Å². The number of alkyl halides is 3. The fourth-order valence-electron chi connectivity index (χ4n) is 2.73. The van der Waals surface area contributed by atoms with Crippen molar-refractivity contribution in [2.75, 3.05) is 0 Å². The fourth-order valence-corrected chi connectivity index (χ4v) is 2.92. The minimum absolute atomic E-state index is 0.0201. The molecular weight excluding hydrogens is 389 g/mol. The van der Waals surface area contributed by atoms with Crippen LogP contribution >= 0.6 is 12.2 Å². The molecule has 146 valence electrons. The van der Waals surface area contributed by atoms with Crippen LogP contribution in [-0.4, -0.2) is 20.7 Å². The summed E-state index contributed by atoms with van der Waals surface area (Å²) >= 11 is 5.20. The second kappa shape index (κ2) is 7.97. The number of hydrogen-bond donors (Lipinski definition) is 2. The number of H-pyrrole nitrogens is 1. The standard InChI is InChI=1S/C19H17F3N4OS/c1-12-4-2-6-14(8-12)17-24-25-18(28)26(17)11-16(27)23-10-13-5-3-7-15(9-13)19(20,21)22/h2-9H,10-11H2,1H3,(H,23,27)(H,25,28). The van der Waals surface area contributed by atoms with E-state index in [9.17, 15) is 18.0 Å². The predicted molar refractivity (Wildman–Crippen MR) is 101 cm³/mol. The Morgan fingerprint density at radius 3 is 2.68 bits per heavy atom. The number of halogens is 3. The Labute approximate surface area is 164 Å². The molecule has 1 aromatic heterocycles. The topological polar surface area (TPSA) is 62.7 Å². The summed E-state index contributed by atoms with van der Waals surface area (Å²) < 4.78 is 40.2. The molecule has 0 spiro atoms. The van der Waals surface area contributed by atoms with Crippen LogP contribution in [0.2, 0.25) is 0 Å². The fraction of sp³-hybridized carbons (Fsp3) is 0.211. The molecule has 28 heavy (non-hydrogen) atoms. The molecule has 0 radical (unpaired) electrons. The molecule has 1 heterocycles. The predicted octanol–water partition coefficient (Wildman–Crippen LogP) is 4.25. The average molecular weight is 406 g/mol. The van der Waals surface area contributed by atoms with E-state index in [2.05, 4.69) is 15.5 Å². The zero-order chi connectivity index (χ0) is 20.3. The molecule has 3 aromatic rings. The summed E-state index contributed by atoms with van der Waals surface area (Å²) in [6.45, 7) is 1.82.